The van der Waals surface area contributed by atoms with Crippen molar-refractivity contribution in [1.82, 2.24) is 4.98 Å². The van der Waals surface area contributed by atoms with Crippen molar-refractivity contribution in [2.24, 2.45) is 5.73 Å². The zero-order valence-corrected chi connectivity index (χ0v) is 15.5. The second-order valence-electron chi connectivity index (χ2n) is 6.30. The zero-order valence-electron chi connectivity index (χ0n) is 14.8. The lowest BCUT2D eigenvalue weighted by Crippen LogP contribution is -2.05. The first kappa shape index (κ1) is 19.6. The van der Waals surface area contributed by atoms with E-state index in [4.69, 9.17) is 22.1 Å². The molecule has 0 bridgehead atoms. The number of nitrogens with one attached hydrogen (secondary N) is 1. The average molecular weight is 397 g/mol. The van der Waals surface area contributed by atoms with Gasteiger partial charge in [-0.2, -0.15) is 13.2 Å². The molecule has 1 heterocycles. The van der Waals surface area contributed by atoms with E-state index in [9.17, 15) is 13.2 Å². The number of methoxy groups -OCH3 is 1. The summed E-state index contributed by atoms with van der Waals surface area (Å²) in [6.45, 7) is 0.530. The summed E-state index contributed by atoms with van der Waals surface area (Å²) in [6.07, 6.45) is -2.34. The van der Waals surface area contributed by atoms with Crippen LogP contribution in [-0.4, -0.2) is 18.6 Å². The number of benzene rings is 2. The molecule has 27 heavy (non-hydrogen) atoms. The van der Waals surface area contributed by atoms with E-state index < -0.39 is 11.7 Å². The van der Waals surface area contributed by atoms with Crippen molar-refractivity contribution in [1.29, 1.82) is 0 Å². The predicted octanol–water partition coefficient (Wildman–Crippen LogP) is 5.80. The number of H-pyrrole nitrogens is 1. The van der Waals surface area contributed by atoms with Gasteiger partial charge in [0.1, 0.15) is 5.75 Å². The number of rotatable bonds is 6. The first-order valence-electron chi connectivity index (χ1n) is 8.61. The van der Waals surface area contributed by atoms with Gasteiger partial charge in [0.05, 0.1) is 23.2 Å². The number of aromatic nitrogens is 1. The molecule has 0 atom stereocenters. The lowest BCUT2D eigenvalue weighted by atomic mass is 9.99. The summed E-state index contributed by atoms with van der Waals surface area (Å²) in [5, 5.41) is 0.728. The van der Waals surface area contributed by atoms with E-state index in [1.807, 2.05) is 12.1 Å². The molecule has 3 aromatic rings. The fraction of sp³-hybridized carbons (Fsp3) is 0.300. The molecule has 3 nitrogen and oxygen atoms in total. The molecule has 0 aliphatic carbocycles. The average Bonchev–Trinajstić information content (AvgIpc) is 3.01. The fourth-order valence-electron chi connectivity index (χ4n) is 3.26. The third kappa shape index (κ3) is 3.92. The van der Waals surface area contributed by atoms with E-state index in [0.717, 1.165) is 30.0 Å². The number of alkyl halides is 3. The minimum atomic E-state index is -4.47. The molecule has 0 aliphatic heterocycles. The number of fused-ring (bicyclic) bond motifs is 1. The molecule has 0 aliphatic rings. The van der Waals surface area contributed by atoms with Crippen LogP contribution in [0.25, 0.3) is 22.2 Å². The Morgan fingerprint density at radius 2 is 1.78 bits per heavy atom. The van der Waals surface area contributed by atoms with Crippen molar-refractivity contribution in [3.8, 4) is 17.0 Å². The largest absolute Gasteiger partial charge is 0.497 e. The quantitative estimate of drug-likeness (QED) is 0.517. The third-order valence-corrected chi connectivity index (χ3v) is 4.89. The molecule has 0 unspecified atom stereocenters. The zero-order chi connectivity index (χ0) is 19.6. The molecule has 3 N–H and O–H groups in total. The fourth-order valence-corrected chi connectivity index (χ4v) is 3.54. The monoisotopic (exact) mass is 396 g/mol. The van der Waals surface area contributed by atoms with Crippen molar-refractivity contribution in [2.45, 2.75) is 25.4 Å². The lowest BCUT2D eigenvalue weighted by Gasteiger charge is -2.09. The number of nitrogens with two attached hydrogens (primary N) is 1. The summed E-state index contributed by atoms with van der Waals surface area (Å²) < 4.78 is 45.7. The van der Waals surface area contributed by atoms with Crippen molar-refractivity contribution in [3.63, 3.8) is 0 Å². The molecule has 0 amide bonds. The van der Waals surface area contributed by atoms with Crippen LogP contribution in [-0.2, 0) is 12.6 Å². The van der Waals surface area contributed by atoms with Gasteiger partial charge in [-0.15, -0.1) is 0 Å². The molecule has 144 valence electrons. The second kappa shape index (κ2) is 7.82. The molecule has 0 spiro atoms. The second-order valence-corrected chi connectivity index (χ2v) is 6.70. The number of hydrogen-bond donors (Lipinski definition) is 2. The van der Waals surface area contributed by atoms with Crippen LogP contribution in [0, 0.1) is 0 Å². The Morgan fingerprint density at radius 3 is 2.37 bits per heavy atom. The maximum Gasteiger partial charge on any atom is 0.418 e. The molecule has 3 rings (SSSR count). The Morgan fingerprint density at radius 1 is 1.07 bits per heavy atom. The Kier molecular flexibility index (Phi) is 5.67. The van der Waals surface area contributed by atoms with Crippen LogP contribution in [0.15, 0.2) is 36.4 Å². The van der Waals surface area contributed by atoms with Gasteiger partial charge in [0, 0.05) is 11.1 Å². The highest BCUT2D eigenvalue weighted by Gasteiger charge is 2.34. The van der Waals surface area contributed by atoms with Crippen molar-refractivity contribution in [3.05, 3.63) is 52.5 Å². The first-order chi connectivity index (χ1) is 12.9. The highest BCUT2D eigenvalue weighted by Crippen LogP contribution is 2.42. The van der Waals surface area contributed by atoms with E-state index in [2.05, 4.69) is 4.98 Å². The number of aromatic amines is 1. The topological polar surface area (TPSA) is 51.0 Å². The Hall–Kier alpha value is -2.18. The summed E-state index contributed by atoms with van der Waals surface area (Å²) in [4.78, 5) is 2.98. The van der Waals surface area contributed by atoms with Crippen molar-refractivity contribution in [2.75, 3.05) is 13.7 Å². The summed E-state index contributed by atoms with van der Waals surface area (Å²) in [5.41, 5.74) is 7.07. The van der Waals surface area contributed by atoms with Crippen LogP contribution in [0.2, 0.25) is 5.02 Å². The molecular formula is C20H20ClF3N2O. The Bertz CT molecular complexity index is 933. The number of aryl methyl sites for hydroxylation is 1. The van der Waals surface area contributed by atoms with Crippen LogP contribution in [0.4, 0.5) is 13.2 Å². The normalized spacial score (nSPS) is 11.9. The number of hydrogen-bond acceptors (Lipinski definition) is 2. The van der Waals surface area contributed by atoms with Crippen LogP contribution in [0.3, 0.4) is 0 Å². The maximum absolute atomic E-state index is 13.5. The SMILES string of the molecule is COc1ccc(-c2[nH]c3c(C(F)(F)F)ccc(Cl)c3c2CCCCN)cc1. The Balaban J connectivity index is 2.23. The minimum absolute atomic E-state index is 0.0172. The lowest BCUT2D eigenvalue weighted by molar-refractivity contribution is -0.136. The van der Waals surface area contributed by atoms with Gasteiger partial charge in [-0.05, 0) is 73.3 Å². The van der Waals surface area contributed by atoms with Gasteiger partial charge in [0.2, 0.25) is 0 Å². The van der Waals surface area contributed by atoms with Gasteiger partial charge < -0.3 is 15.5 Å². The first-order valence-corrected chi connectivity index (χ1v) is 8.99. The van der Waals surface area contributed by atoms with Crippen LogP contribution in [0.5, 0.6) is 5.75 Å². The van der Waals surface area contributed by atoms with Crippen LogP contribution in [0.1, 0.15) is 24.0 Å². The molecular weight excluding hydrogens is 377 g/mol. The van der Waals surface area contributed by atoms with Gasteiger partial charge >= 0.3 is 6.18 Å². The summed E-state index contributed by atoms with van der Waals surface area (Å²) >= 11 is 6.31. The van der Waals surface area contributed by atoms with Gasteiger partial charge in [0.15, 0.2) is 0 Å². The van der Waals surface area contributed by atoms with Gasteiger partial charge in [0.25, 0.3) is 0 Å². The van der Waals surface area contributed by atoms with E-state index in [-0.39, 0.29) is 5.52 Å². The number of ether oxygens (including phenoxy) is 1. The molecule has 1 aromatic heterocycles. The summed E-state index contributed by atoms with van der Waals surface area (Å²) in [7, 11) is 1.56. The summed E-state index contributed by atoms with van der Waals surface area (Å²) in [5.74, 6) is 0.675. The molecule has 0 fully saturated rings. The van der Waals surface area contributed by atoms with E-state index in [0.29, 0.717) is 34.8 Å². The van der Waals surface area contributed by atoms with Gasteiger partial charge in [-0.1, -0.05) is 11.6 Å². The van der Waals surface area contributed by atoms with E-state index >= 15 is 0 Å². The number of unbranched alkanes of at least 4 members (excludes halogenated alkanes) is 1. The molecule has 0 saturated carbocycles. The number of halogens is 4. The van der Waals surface area contributed by atoms with E-state index in [1.54, 1.807) is 19.2 Å². The third-order valence-electron chi connectivity index (χ3n) is 4.57. The minimum Gasteiger partial charge on any atom is -0.497 e. The maximum atomic E-state index is 13.5. The van der Waals surface area contributed by atoms with Crippen LogP contribution < -0.4 is 10.5 Å². The van der Waals surface area contributed by atoms with Crippen LogP contribution >= 0.6 is 11.6 Å². The Labute approximate surface area is 160 Å². The molecule has 0 saturated heterocycles. The summed E-state index contributed by atoms with van der Waals surface area (Å²) in [6, 6.07) is 9.51. The van der Waals surface area contributed by atoms with Gasteiger partial charge in [-0.25, -0.2) is 0 Å². The van der Waals surface area contributed by atoms with E-state index in [1.165, 1.54) is 6.07 Å². The molecule has 0 radical (unpaired) electrons. The molecule has 2 aromatic carbocycles. The predicted molar refractivity (Wildman–Crippen MR) is 102 cm³/mol. The van der Waals surface area contributed by atoms with Crippen molar-refractivity contribution >= 4 is 22.5 Å². The highest BCUT2D eigenvalue weighted by atomic mass is 35.5. The van der Waals surface area contributed by atoms with Gasteiger partial charge in [-0.3, -0.25) is 0 Å². The standard InChI is InChI=1S/C20H20ClF3N2O/c1-27-13-7-5-12(6-8-13)18-14(4-2-3-11-25)17-16(21)10-9-15(19(17)26-18)20(22,23)24/h5-10,26H,2-4,11,25H2,1H3. The smallest absolute Gasteiger partial charge is 0.418 e. The molecule has 7 heteroatoms. The van der Waals surface area contributed by atoms with Crippen molar-refractivity contribution < 1.29 is 17.9 Å². The highest BCUT2D eigenvalue weighted by molar-refractivity contribution is 6.36.